The van der Waals surface area contributed by atoms with Gasteiger partial charge in [-0.1, -0.05) is 36.7 Å². The van der Waals surface area contributed by atoms with Gasteiger partial charge < -0.3 is 0 Å². The minimum Gasteiger partial charge on any atom is -0.221 e. The first-order valence-electron chi connectivity index (χ1n) is 4.49. The zero-order valence-electron chi connectivity index (χ0n) is 8.45. The summed E-state index contributed by atoms with van der Waals surface area (Å²) < 4.78 is 2.82. The monoisotopic (exact) mass is 253 g/mol. The summed E-state index contributed by atoms with van der Waals surface area (Å²) in [6.45, 7) is 6.32. The first-order chi connectivity index (χ1) is 6.47. The average Bonchev–Trinajstić information content (AvgIpc) is 2.45. The van der Waals surface area contributed by atoms with E-state index in [-0.39, 0.29) is 5.41 Å². The maximum atomic E-state index is 4.47. The van der Waals surface area contributed by atoms with Crippen molar-refractivity contribution in [3.63, 3.8) is 0 Å². The zero-order valence-corrected chi connectivity index (χ0v) is 10.0. The number of hydrogen-bond donors (Lipinski definition) is 0. The molecule has 0 aromatic carbocycles. The average molecular weight is 254 g/mol. The number of aromatic nitrogens is 3. The van der Waals surface area contributed by atoms with Gasteiger partial charge in [-0.05, 0) is 12.1 Å². The molecule has 2 aromatic rings. The molecule has 2 heterocycles. The highest BCUT2D eigenvalue weighted by molar-refractivity contribution is 9.10. The third kappa shape index (κ3) is 1.66. The van der Waals surface area contributed by atoms with Crippen molar-refractivity contribution < 1.29 is 0 Å². The number of nitrogens with zero attached hydrogens (tertiary/aromatic N) is 3. The highest BCUT2D eigenvalue weighted by Crippen LogP contribution is 2.20. The lowest BCUT2D eigenvalue weighted by Crippen LogP contribution is -2.13. The topological polar surface area (TPSA) is 30.2 Å². The summed E-state index contributed by atoms with van der Waals surface area (Å²) >= 11 is 3.41. The molecule has 0 aliphatic rings. The molecule has 0 spiro atoms. The predicted molar refractivity (Wildman–Crippen MR) is 59.4 cm³/mol. The number of hydrogen-bond acceptors (Lipinski definition) is 2. The highest BCUT2D eigenvalue weighted by atomic mass is 79.9. The van der Waals surface area contributed by atoms with Gasteiger partial charge in [0.15, 0.2) is 11.5 Å². The zero-order chi connectivity index (χ0) is 10.3. The molecule has 2 aromatic heterocycles. The van der Waals surface area contributed by atoms with Crippen molar-refractivity contribution in [2.45, 2.75) is 26.2 Å². The molecule has 0 aliphatic carbocycles. The van der Waals surface area contributed by atoms with Gasteiger partial charge in [-0.25, -0.2) is 9.50 Å². The van der Waals surface area contributed by atoms with E-state index in [9.17, 15) is 0 Å². The van der Waals surface area contributed by atoms with Crippen LogP contribution in [-0.2, 0) is 5.41 Å². The van der Waals surface area contributed by atoms with Crippen molar-refractivity contribution in [3.8, 4) is 0 Å². The first-order valence-corrected chi connectivity index (χ1v) is 5.28. The Morgan fingerprint density at radius 1 is 1.36 bits per heavy atom. The molecule has 0 N–H and O–H groups in total. The molecule has 0 aliphatic heterocycles. The van der Waals surface area contributed by atoms with Crippen molar-refractivity contribution in [3.05, 3.63) is 28.6 Å². The van der Waals surface area contributed by atoms with Gasteiger partial charge in [0.25, 0.3) is 0 Å². The van der Waals surface area contributed by atoms with Crippen LogP contribution in [0.25, 0.3) is 5.65 Å². The lowest BCUT2D eigenvalue weighted by molar-refractivity contribution is 0.545. The van der Waals surface area contributed by atoms with E-state index in [1.807, 2.05) is 18.3 Å². The van der Waals surface area contributed by atoms with Crippen LogP contribution in [0, 0.1) is 0 Å². The van der Waals surface area contributed by atoms with Crippen LogP contribution >= 0.6 is 15.9 Å². The Bertz CT molecular complexity index is 468. The molecule has 4 heteroatoms. The lowest BCUT2D eigenvalue weighted by Gasteiger charge is -2.11. The summed E-state index contributed by atoms with van der Waals surface area (Å²) in [7, 11) is 0. The fraction of sp³-hybridized carbons (Fsp3) is 0.400. The Morgan fingerprint density at radius 3 is 2.71 bits per heavy atom. The van der Waals surface area contributed by atoms with Crippen molar-refractivity contribution >= 4 is 21.6 Å². The minimum atomic E-state index is -0.00149. The van der Waals surface area contributed by atoms with Crippen LogP contribution in [0.2, 0.25) is 0 Å². The molecule has 14 heavy (non-hydrogen) atoms. The fourth-order valence-corrected chi connectivity index (χ4v) is 1.50. The summed E-state index contributed by atoms with van der Waals surface area (Å²) in [4.78, 5) is 4.47. The smallest absolute Gasteiger partial charge is 0.157 e. The summed E-state index contributed by atoms with van der Waals surface area (Å²) in [6.07, 6.45) is 1.90. The quantitative estimate of drug-likeness (QED) is 0.723. The van der Waals surface area contributed by atoms with E-state index in [1.165, 1.54) is 0 Å². The summed E-state index contributed by atoms with van der Waals surface area (Å²) in [6, 6.07) is 3.91. The fourth-order valence-electron chi connectivity index (χ4n) is 1.17. The molecule has 74 valence electrons. The maximum absolute atomic E-state index is 4.47. The van der Waals surface area contributed by atoms with Gasteiger partial charge in [-0.15, -0.1) is 0 Å². The van der Waals surface area contributed by atoms with E-state index < -0.39 is 0 Å². The van der Waals surface area contributed by atoms with Gasteiger partial charge in [0.2, 0.25) is 0 Å². The Hall–Kier alpha value is -0.900. The van der Waals surface area contributed by atoms with Gasteiger partial charge >= 0.3 is 0 Å². The molecule has 0 atom stereocenters. The van der Waals surface area contributed by atoms with Crippen LogP contribution in [0.1, 0.15) is 26.6 Å². The van der Waals surface area contributed by atoms with Crippen LogP contribution in [-0.4, -0.2) is 14.6 Å². The Kier molecular flexibility index (Phi) is 2.10. The van der Waals surface area contributed by atoms with Crippen LogP contribution in [0.4, 0.5) is 0 Å². The van der Waals surface area contributed by atoms with Gasteiger partial charge in [0.05, 0.1) is 0 Å². The van der Waals surface area contributed by atoms with E-state index >= 15 is 0 Å². The number of fused-ring (bicyclic) bond motifs is 1. The molecule has 3 nitrogen and oxygen atoms in total. The van der Waals surface area contributed by atoms with Crippen molar-refractivity contribution in [1.82, 2.24) is 14.6 Å². The summed E-state index contributed by atoms with van der Waals surface area (Å²) in [5.41, 5.74) is 0.877. The van der Waals surface area contributed by atoms with Crippen molar-refractivity contribution in [2.75, 3.05) is 0 Å². The maximum Gasteiger partial charge on any atom is 0.157 e. The predicted octanol–water partition coefficient (Wildman–Crippen LogP) is 2.79. The molecule has 0 bridgehead atoms. The van der Waals surface area contributed by atoms with E-state index in [4.69, 9.17) is 0 Å². The molecule has 0 fully saturated rings. The molecule has 0 saturated heterocycles. The highest BCUT2D eigenvalue weighted by Gasteiger charge is 2.19. The van der Waals surface area contributed by atoms with Gasteiger partial charge in [0.1, 0.15) is 0 Å². The Labute approximate surface area is 91.3 Å². The third-order valence-corrected chi connectivity index (χ3v) is 2.46. The molecular formula is C10H12BrN3. The third-order valence-electron chi connectivity index (χ3n) is 1.97. The molecular weight excluding hydrogens is 242 g/mol. The molecule has 0 amide bonds. The first kappa shape index (κ1) is 9.65. The van der Waals surface area contributed by atoms with Crippen LogP contribution in [0.15, 0.2) is 22.8 Å². The van der Waals surface area contributed by atoms with Gasteiger partial charge in [-0.2, -0.15) is 5.10 Å². The van der Waals surface area contributed by atoms with Crippen molar-refractivity contribution in [2.24, 2.45) is 0 Å². The molecule has 0 unspecified atom stereocenters. The number of rotatable bonds is 0. The second-order valence-corrected chi connectivity index (χ2v) is 5.25. The van der Waals surface area contributed by atoms with E-state index in [0.717, 1.165) is 15.9 Å². The summed E-state index contributed by atoms with van der Waals surface area (Å²) in [5.74, 6) is 0.871. The Balaban J connectivity index is 2.63. The van der Waals surface area contributed by atoms with Crippen LogP contribution in [0.3, 0.4) is 0 Å². The van der Waals surface area contributed by atoms with E-state index in [1.54, 1.807) is 4.52 Å². The molecule has 0 saturated carbocycles. The molecule has 2 rings (SSSR count). The van der Waals surface area contributed by atoms with Crippen LogP contribution in [0.5, 0.6) is 0 Å². The SMILES string of the molecule is CC(C)(C)c1nc2cc(Br)ccn2n1. The minimum absolute atomic E-state index is 0.00149. The van der Waals surface area contributed by atoms with Crippen LogP contribution < -0.4 is 0 Å². The second-order valence-electron chi connectivity index (χ2n) is 4.33. The lowest BCUT2D eigenvalue weighted by atomic mass is 9.96. The molecule has 0 radical (unpaired) electrons. The van der Waals surface area contributed by atoms with E-state index in [2.05, 4.69) is 46.8 Å². The Morgan fingerprint density at radius 2 is 2.07 bits per heavy atom. The largest absolute Gasteiger partial charge is 0.221 e. The summed E-state index contributed by atoms with van der Waals surface area (Å²) in [5, 5.41) is 4.41. The standard InChI is InChI=1S/C10H12BrN3/c1-10(2,3)9-12-8-6-7(11)4-5-14(8)13-9/h4-6H,1-3H3. The second kappa shape index (κ2) is 3.05. The van der Waals surface area contributed by atoms with Crippen molar-refractivity contribution in [1.29, 1.82) is 0 Å². The number of halogens is 1. The normalized spacial score (nSPS) is 12.3. The van der Waals surface area contributed by atoms with Gasteiger partial charge in [-0.3, -0.25) is 0 Å². The van der Waals surface area contributed by atoms with E-state index in [0.29, 0.717) is 0 Å². The number of pyridine rings is 1. The van der Waals surface area contributed by atoms with Gasteiger partial charge in [0, 0.05) is 16.1 Å².